The Hall–Kier alpha value is -1.28. The minimum absolute atomic E-state index is 0. The first-order valence-electron chi connectivity index (χ1n) is 9.39. The molecule has 1 aromatic carbocycles. The van der Waals surface area contributed by atoms with Crippen LogP contribution in [-0.2, 0) is 6.54 Å². The van der Waals surface area contributed by atoms with Crippen LogP contribution in [0.25, 0.3) is 11.0 Å². The number of hydrogen-bond acceptors (Lipinski definition) is 3. The normalized spacial score (nSPS) is 16.5. The van der Waals surface area contributed by atoms with E-state index in [1.807, 2.05) is 18.2 Å². The third-order valence-electron chi connectivity index (χ3n) is 4.95. The number of para-hydroxylation sites is 1. The minimum Gasteiger partial charge on any atom is -0.459 e. The molecule has 2 aromatic rings. The standard InChI is InChI=1S/C20H30N4O.HI/c1-16-8-12-24(13-9-16)11-5-10-22-20(21-2)23-15-18-14-17-6-3-4-7-19(17)25-18;/h3-4,6-7,14,16H,5,8-13,15H2,1-2H3,(H2,21,22,23);1H. The summed E-state index contributed by atoms with van der Waals surface area (Å²) in [4.78, 5) is 6.87. The van der Waals surface area contributed by atoms with Gasteiger partial charge in [-0.25, -0.2) is 0 Å². The highest BCUT2D eigenvalue weighted by Crippen LogP contribution is 2.18. The SMILES string of the molecule is CN=C(NCCCN1CCC(C)CC1)NCc1cc2ccccc2o1.I. The zero-order valence-electron chi connectivity index (χ0n) is 15.8. The van der Waals surface area contributed by atoms with Crippen LogP contribution in [0.15, 0.2) is 39.7 Å². The molecule has 1 aromatic heterocycles. The van der Waals surface area contributed by atoms with Crippen LogP contribution in [0.4, 0.5) is 0 Å². The van der Waals surface area contributed by atoms with E-state index >= 15 is 0 Å². The van der Waals surface area contributed by atoms with Crippen LogP contribution in [0.2, 0.25) is 0 Å². The van der Waals surface area contributed by atoms with Crippen molar-refractivity contribution in [3.8, 4) is 0 Å². The summed E-state index contributed by atoms with van der Waals surface area (Å²) in [6, 6.07) is 10.2. The van der Waals surface area contributed by atoms with Crippen molar-refractivity contribution in [2.75, 3.05) is 33.2 Å². The van der Waals surface area contributed by atoms with Gasteiger partial charge >= 0.3 is 0 Å². The van der Waals surface area contributed by atoms with Crippen LogP contribution in [-0.4, -0.2) is 44.1 Å². The molecule has 1 saturated heterocycles. The number of benzene rings is 1. The molecule has 1 fully saturated rings. The van der Waals surface area contributed by atoms with Gasteiger partial charge in [0.05, 0.1) is 6.54 Å². The molecule has 6 heteroatoms. The van der Waals surface area contributed by atoms with E-state index < -0.39 is 0 Å². The number of furan rings is 1. The molecular formula is C20H31IN4O. The van der Waals surface area contributed by atoms with Crippen molar-refractivity contribution in [1.29, 1.82) is 0 Å². The van der Waals surface area contributed by atoms with E-state index in [0.29, 0.717) is 6.54 Å². The van der Waals surface area contributed by atoms with Gasteiger partial charge in [0.1, 0.15) is 11.3 Å². The number of likely N-dealkylation sites (tertiary alicyclic amines) is 1. The maximum absolute atomic E-state index is 5.82. The number of guanidine groups is 1. The van der Waals surface area contributed by atoms with Crippen molar-refractivity contribution in [2.45, 2.75) is 32.7 Å². The first-order chi connectivity index (χ1) is 12.2. The molecule has 0 bridgehead atoms. The number of piperidine rings is 1. The molecule has 0 spiro atoms. The Bertz CT molecular complexity index is 659. The Kier molecular flexibility index (Phi) is 8.71. The summed E-state index contributed by atoms with van der Waals surface area (Å²) in [6.45, 7) is 7.60. The fourth-order valence-electron chi connectivity index (χ4n) is 3.31. The average Bonchev–Trinajstić information content (AvgIpc) is 3.05. The molecule has 0 radical (unpaired) electrons. The van der Waals surface area contributed by atoms with Gasteiger partial charge in [-0.15, -0.1) is 24.0 Å². The van der Waals surface area contributed by atoms with Gasteiger partial charge in [0.15, 0.2) is 5.96 Å². The fourth-order valence-corrected chi connectivity index (χ4v) is 3.31. The summed E-state index contributed by atoms with van der Waals surface area (Å²) >= 11 is 0. The Morgan fingerprint density at radius 2 is 2.00 bits per heavy atom. The lowest BCUT2D eigenvalue weighted by atomic mass is 9.99. The Labute approximate surface area is 173 Å². The van der Waals surface area contributed by atoms with Crippen LogP contribution in [0.5, 0.6) is 0 Å². The first kappa shape index (κ1) is 21.0. The summed E-state index contributed by atoms with van der Waals surface area (Å²) in [5.74, 6) is 2.65. The van der Waals surface area contributed by atoms with Crippen molar-refractivity contribution >= 4 is 40.9 Å². The molecule has 0 amide bonds. The highest BCUT2D eigenvalue weighted by molar-refractivity contribution is 14.0. The summed E-state index contributed by atoms with van der Waals surface area (Å²) in [6.07, 6.45) is 3.82. The van der Waals surface area contributed by atoms with E-state index in [9.17, 15) is 0 Å². The van der Waals surface area contributed by atoms with E-state index in [-0.39, 0.29) is 24.0 Å². The number of aliphatic imine (C=N–C) groups is 1. The van der Waals surface area contributed by atoms with Crippen LogP contribution < -0.4 is 10.6 Å². The number of fused-ring (bicyclic) bond motifs is 1. The second kappa shape index (κ2) is 10.8. The number of hydrogen-bond donors (Lipinski definition) is 2. The van der Waals surface area contributed by atoms with E-state index in [1.165, 1.54) is 32.5 Å². The predicted molar refractivity (Wildman–Crippen MR) is 119 cm³/mol. The number of halogens is 1. The smallest absolute Gasteiger partial charge is 0.191 e. The van der Waals surface area contributed by atoms with Gasteiger partial charge in [-0.1, -0.05) is 25.1 Å². The lowest BCUT2D eigenvalue weighted by molar-refractivity contribution is 0.191. The quantitative estimate of drug-likeness (QED) is 0.292. The summed E-state index contributed by atoms with van der Waals surface area (Å²) in [7, 11) is 1.81. The predicted octanol–water partition coefficient (Wildman–Crippen LogP) is 3.84. The third kappa shape index (κ3) is 6.16. The zero-order chi connectivity index (χ0) is 17.5. The molecule has 5 nitrogen and oxygen atoms in total. The van der Waals surface area contributed by atoms with Crippen LogP contribution in [0.3, 0.4) is 0 Å². The Morgan fingerprint density at radius 3 is 2.73 bits per heavy atom. The lowest BCUT2D eigenvalue weighted by Gasteiger charge is -2.30. The van der Waals surface area contributed by atoms with Gasteiger partial charge in [0.25, 0.3) is 0 Å². The lowest BCUT2D eigenvalue weighted by Crippen LogP contribution is -2.39. The minimum atomic E-state index is 0. The Balaban J connectivity index is 0.00000243. The molecule has 3 rings (SSSR count). The third-order valence-corrected chi connectivity index (χ3v) is 4.95. The second-order valence-corrected chi connectivity index (χ2v) is 6.98. The molecule has 2 heterocycles. The molecular weight excluding hydrogens is 439 g/mol. The molecule has 0 saturated carbocycles. The van der Waals surface area contributed by atoms with E-state index in [4.69, 9.17) is 4.42 Å². The van der Waals surface area contributed by atoms with E-state index in [0.717, 1.165) is 41.6 Å². The van der Waals surface area contributed by atoms with Gasteiger partial charge < -0.3 is 20.0 Å². The maximum Gasteiger partial charge on any atom is 0.191 e. The number of nitrogens with zero attached hydrogens (tertiary/aromatic N) is 2. The molecule has 1 aliphatic rings. The number of nitrogens with one attached hydrogen (secondary N) is 2. The van der Waals surface area contributed by atoms with Gasteiger partial charge in [-0.3, -0.25) is 4.99 Å². The van der Waals surface area contributed by atoms with Gasteiger partial charge in [0, 0.05) is 19.0 Å². The maximum atomic E-state index is 5.82. The zero-order valence-corrected chi connectivity index (χ0v) is 18.2. The monoisotopic (exact) mass is 470 g/mol. The molecule has 26 heavy (non-hydrogen) atoms. The summed E-state index contributed by atoms with van der Waals surface area (Å²) < 4.78 is 5.82. The fraction of sp³-hybridized carbons (Fsp3) is 0.550. The van der Waals surface area contributed by atoms with Crippen molar-refractivity contribution < 1.29 is 4.42 Å². The average molecular weight is 470 g/mol. The van der Waals surface area contributed by atoms with Crippen molar-refractivity contribution in [3.63, 3.8) is 0 Å². The molecule has 0 aliphatic carbocycles. The van der Waals surface area contributed by atoms with Gasteiger partial charge in [-0.2, -0.15) is 0 Å². The number of rotatable bonds is 6. The highest BCUT2D eigenvalue weighted by Gasteiger charge is 2.14. The van der Waals surface area contributed by atoms with Crippen LogP contribution in [0, 0.1) is 5.92 Å². The van der Waals surface area contributed by atoms with E-state index in [1.54, 1.807) is 7.05 Å². The van der Waals surface area contributed by atoms with Crippen LogP contribution >= 0.6 is 24.0 Å². The first-order valence-corrected chi connectivity index (χ1v) is 9.39. The Morgan fingerprint density at radius 1 is 1.23 bits per heavy atom. The van der Waals surface area contributed by atoms with Crippen molar-refractivity contribution in [1.82, 2.24) is 15.5 Å². The molecule has 144 valence electrons. The van der Waals surface area contributed by atoms with Crippen LogP contribution in [0.1, 0.15) is 31.9 Å². The van der Waals surface area contributed by atoms with E-state index in [2.05, 4.69) is 39.6 Å². The molecule has 2 N–H and O–H groups in total. The second-order valence-electron chi connectivity index (χ2n) is 6.98. The largest absolute Gasteiger partial charge is 0.459 e. The van der Waals surface area contributed by atoms with Gasteiger partial charge in [-0.05, 0) is 56.9 Å². The topological polar surface area (TPSA) is 52.8 Å². The molecule has 1 aliphatic heterocycles. The summed E-state index contributed by atoms with van der Waals surface area (Å²) in [5, 5.41) is 7.85. The molecule has 0 atom stereocenters. The molecule has 0 unspecified atom stereocenters. The van der Waals surface area contributed by atoms with Gasteiger partial charge in [0.2, 0.25) is 0 Å². The summed E-state index contributed by atoms with van der Waals surface area (Å²) in [5.41, 5.74) is 0.929. The highest BCUT2D eigenvalue weighted by atomic mass is 127. The van der Waals surface area contributed by atoms with Crippen molar-refractivity contribution in [3.05, 3.63) is 36.1 Å². The van der Waals surface area contributed by atoms with Crippen molar-refractivity contribution in [2.24, 2.45) is 10.9 Å².